The molecule has 0 aromatic heterocycles. The number of nitrogens with one attached hydrogen (secondary N) is 2. The fraction of sp³-hybridized carbons (Fsp3) is 0.364. The number of aryl methyl sites for hydroxylation is 4. The van der Waals surface area contributed by atoms with Crippen molar-refractivity contribution in [3.8, 4) is 0 Å². The quantitative estimate of drug-likeness (QED) is 0.880. The summed E-state index contributed by atoms with van der Waals surface area (Å²) in [5, 5.41) is 5.91. The van der Waals surface area contributed by atoms with Crippen molar-refractivity contribution < 1.29 is 9.59 Å². The van der Waals surface area contributed by atoms with Crippen molar-refractivity contribution in [1.29, 1.82) is 0 Å². The van der Waals surface area contributed by atoms with E-state index in [0.29, 0.717) is 18.5 Å². The molecular formula is C22H26N2O2. The number of carbonyl (C=O) groups is 2. The second-order valence-corrected chi connectivity index (χ2v) is 7.14. The smallest absolute Gasteiger partial charge is 0.251 e. The van der Waals surface area contributed by atoms with Gasteiger partial charge >= 0.3 is 0 Å². The van der Waals surface area contributed by atoms with E-state index < -0.39 is 0 Å². The Balaban J connectivity index is 1.63. The van der Waals surface area contributed by atoms with Gasteiger partial charge in [0.2, 0.25) is 5.91 Å². The number of anilines is 1. The molecule has 0 saturated heterocycles. The molecule has 1 aliphatic rings. The van der Waals surface area contributed by atoms with Crippen LogP contribution in [0.4, 0.5) is 5.69 Å². The van der Waals surface area contributed by atoms with Crippen LogP contribution in [0.15, 0.2) is 30.3 Å². The molecular weight excluding hydrogens is 324 g/mol. The summed E-state index contributed by atoms with van der Waals surface area (Å²) in [4.78, 5) is 24.1. The van der Waals surface area contributed by atoms with Crippen molar-refractivity contribution in [2.24, 2.45) is 0 Å². The summed E-state index contributed by atoms with van der Waals surface area (Å²) in [6, 6.07) is 9.93. The highest BCUT2D eigenvalue weighted by Crippen LogP contribution is 2.23. The molecule has 2 amide bonds. The van der Waals surface area contributed by atoms with Crippen LogP contribution < -0.4 is 10.6 Å². The van der Waals surface area contributed by atoms with Gasteiger partial charge in [-0.15, -0.1) is 0 Å². The Morgan fingerprint density at radius 3 is 2.62 bits per heavy atom. The second kappa shape index (κ2) is 7.73. The molecule has 0 radical (unpaired) electrons. The van der Waals surface area contributed by atoms with Crippen molar-refractivity contribution in [3.63, 3.8) is 0 Å². The van der Waals surface area contributed by atoms with Crippen LogP contribution in [0.1, 0.15) is 51.0 Å². The fourth-order valence-electron chi connectivity index (χ4n) is 3.42. The molecule has 2 N–H and O–H groups in total. The van der Waals surface area contributed by atoms with Crippen molar-refractivity contribution in [3.05, 3.63) is 63.7 Å². The van der Waals surface area contributed by atoms with Crippen molar-refractivity contribution in [2.75, 3.05) is 11.9 Å². The lowest BCUT2D eigenvalue weighted by Gasteiger charge is -2.12. The zero-order valence-electron chi connectivity index (χ0n) is 15.7. The Bertz CT molecular complexity index is 855. The van der Waals surface area contributed by atoms with E-state index in [0.717, 1.165) is 30.5 Å². The fourth-order valence-corrected chi connectivity index (χ4v) is 3.42. The monoisotopic (exact) mass is 350 g/mol. The van der Waals surface area contributed by atoms with Gasteiger partial charge < -0.3 is 10.6 Å². The molecule has 0 fully saturated rings. The van der Waals surface area contributed by atoms with Gasteiger partial charge in [0.05, 0.1) is 0 Å². The minimum absolute atomic E-state index is 0.0460. The van der Waals surface area contributed by atoms with Gasteiger partial charge in [-0.3, -0.25) is 9.59 Å². The molecule has 1 aliphatic heterocycles. The summed E-state index contributed by atoms with van der Waals surface area (Å²) in [5.74, 6) is -0.0189. The highest BCUT2D eigenvalue weighted by molar-refractivity contribution is 5.97. The first-order chi connectivity index (χ1) is 12.4. The van der Waals surface area contributed by atoms with Crippen LogP contribution in [-0.2, 0) is 17.6 Å². The number of amides is 2. The van der Waals surface area contributed by atoms with Crippen LogP contribution in [0.2, 0.25) is 0 Å². The molecule has 136 valence electrons. The molecule has 2 aromatic carbocycles. The molecule has 2 aromatic rings. The van der Waals surface area contributed by atoms with Crippen molar-refractivity contribution >= 4 is 17.5 Å². The summed E-state index contributed by atoms with van der Waals surface area (Å²) in [6.45, 7) is 6.96. The summed E-state index contributed by atoms with van der Waals surface area (Å²) in [6.07, 6.45) is 2.98. The van der Waals surface area contributed by atoms with E-state index in [4.69, 9.17) is 0 Å². The molecule has 4 nitrogen and oxygen atoms in total. The van der Waals surface area contributed by atoms with E-state index in [9.17, 15) is 9.59 Å². The molecule has 0 spiro atoms. The van der Waals surface area contributed by atoms with E-state index in [1.54, 1.807) is 6.07 Å². The minimum Gasteiger partial charge on any atom is -0.352 e. The lowest BCUT2D eigenvalue weighted by atomic mass is 9.99. The number of hydrogen-bond acceptors (Lipinski definition) is 2. The summed E-state index contributed by atoms with van der Waals surface area (Å²) < 4.78 is 0. The van der Waals surface area contributed by atoms with Crippen LogP contribution in [0.25, 0.3) is 0 Å². The summed E-state index contributed by atoms with van der Waals surface area (Å²) in [5.41, 5.74) is 7.64. The Hall–Kier alpha value is -2.62. The lowest BCUT2D eigenvalue weighted by molar-refractivity contribution is -0.116. The third-order valence-electron chi connectivity index (χ3n) is 5.12. The van der Waals surface area contributed by atoms with E-state index in [-0.39, 0.29) is 11.8 Å². The predicted molar refractivity (Wildman–Crippen MR) is 105 cm³/mol. The minimum atomic E-state index is -0.0649. The van der Waals surface area contributed by atoms with Gasteiger partial charge in [-0.2, -0.15) is 0 Å². The van der Waals surface area contributed by atoms with Gasteiger partial charge in [0.15, 0.2) is 0 Å². The maximum absolute atomic E-state index is 12.5. The standard InChI is InChI=1S/C22H26N2O2/c1-14-11-16(3)17(12-15(14)2)9-10-23-22(26)19-7-8-20-18(13-19)5-4-6-21(25)24-20/h7-8,11-13H,4-6,9-10H2,1-3H3,(H,23,26)(H,24,25). The Kier molecular flexibility index (Phi) is 5.40. The van der Waals surface area contributed by atoms with E-state index >= 15 is 0 Å². The van der Waals surface area contributed by atoms with E-state index in [1.807, 2.05) is 12.1 Å². The van der Waals surface area contributed by atoms with Gasteiger partial charge in [0.1, 0.15) is 0 Å². The number of benzene rings is 2. The molecule has 3 rings (SSSR count). The van der Waals surface area contributed by atoms with Gasteiger partial charge in [-0.1, -0.05) is 12.1 Å². The molecule has 26 heavy (non-hydrogen) atoms. The molecule has 0 aliphatic carbocycles. The van der Waals surface area contributed by atoms with Crippen LogP contribution in [0, 0.1) is 20.8 Å². The molecule has 0 atom stereocenters. The van der Waals surface area contributed by atoms with Gasteiger partial charge in [-0.25, -0.2) is 0 Å². The highest BCUT2D eigenvalue weighted by atomic mass is 16.2. The lowest BCUT2D eigenvalue weighted by Crippen LogP contribution is -2.26. The van der Waals surface area contributed by atoms with Crippen LogP contribution in [-0.4, -0.2) is 18.4 Å². The third-order valence-corrected chi connectivity index (χ3v) is 5.12. The third kappa shape index (κ3) is 4.13. The summed E-state index contributed by atoms with van der Waals surface area (Å²) in [7, 11) is 0. The van der Waals surface area contributed by atoms with Crippen LogP contribution >= 0.6 is 0 Å². The highest BCUT2D eigenvalue weighted by Gasteiger charge is 2.15. The largest absolute Gasteiger partial charge is 0.352 e. The Morgan fingerprint density at radius 1 is 1.04 bits per heavy atom. The van der Waals surface area contributed by atoms with Crippen molar-refractivity contribution in [2.45, 2.75) is 46.5 Å². The number of fused-ring (bicyclic) bond motifs is 1. The Morgan fingerprint density at radius 2 is 1.81 bits per heavy atom. The Labute approximate surface area is 155 Å². The first kappa shape index (κ1) is 18.2. The SMILES string of the molecule is Cc1cc(C)c(CCNC(=O)c2ccc3c(c2)CCCC(=O)N3)cc1C. The molecule has 0 saturated carbocycles. The second-order valence-electron chi connectivity index (χ2n) is 7.14. The number of hydrogen-bond donors (Lipinski definition) is 2. The maximum atomic E-state index is 12.5. The molecule has 0 bridgehead atoms. The average molecular weight is 350 g/mol. The molecule has 1 heterocycles. The number of carbonyl (C=O) groups excluding carboxylic acids is 2. The topological polar surface area (TPSA) is 58.2 Å². The average Bonchev–Trinajstić information content (AvgIpc) is 2.79. The first-order valence-electron chi connectivity index (χ1n) is 9.22. The number of rotatable bonds is 4. The summed E-state index contributed by atoms with van der Waals surface area (Å²) >= 11 is 0. The van der Waals surface area contributed by atoms with Crippen LogP contribution in [0.5, 0.6) is 0 Å². The first-order valence-corrected chi connectivity index (χ1v) is 9.22. The maximum Gasteiger partial charge on any atom is 0.251 e. The van der Waals surface area contributed by atoms with Crippen LogP contribution in [0.3, 0.4) is 0 Å². The molecule has 4 heteroatoms. The zero-order valence-corrected chi connectivity index (χ0v) is 15.7. The zero-order chi connectivity index (χ0) is 18.7. The van der Waals surface area contributed by atoms with Crippen molar-refractivity contribution in [1.82, 2.24) is 5.32 Å². The normalized spacial score (nSPS) is 13.6. The van der Waals surface area contributed by atoms with E-state index in [2.05, 4.69) is 43.5 Å². The van der Waals surface area contributed by atoms with Gasteiger partial charge in [0.25, 0.3) is 5.91 Å². The van der Waals surface area contributed by atoms with E-state index in [1.165, 1.54) is 22.3 Å². The van der Waals surface area contributed by atoms with Gasteiger partial charge in [0, 0.05) is 24.2 Å². The molecule has 0 unspecified atom stereocenters. The predicted octanol–water partition coefficient (Wildman–Crippen LogP) is 3.86. The van der Waals surface area contributed by atoms with Gasteiger partial charge in [-0.05, 0) is 86.1 Å².